The number of ether oxygens (including phenoxy) is 2. The van der Waals surface area contributed by atoms with Gasteiger partial charge in [0, 0.05) is 40.8 Å². The summed E-state index contributed by atoms with van der Waals surface area (Å²) >= 11 is 0. The Bertz CT molecular complexity index is 1560. The maximum Gasteiger partial charge on any atom is 0.407 e. The number of carbonyl (C=O) groups is 1. The summed E-state index contributed by atoms with van der Waals surface area (Å²) in [4.78, 5) is 25.7. The second-order valence-corrected chi connectivity index (χ2v) is 11.3. The maximum absolute atomic E-state index is 15.0. The summed E-state index contributed by atoms with van der Waals surface area (Å²) in [7, 11) is 0. The zero-order valence-electron chi connectivity index (χ0n) is 23.7. The highest BCUT2D eigenvalue weighted by Gasteiger charge is 2.25. The lowest BCUT2D eigenvalue weighted by Gasteiger charge is -2.30. The summed E-state index contributed by atoms with van der Waals surface area (Å²) < 4.78 is 26.6. The van der Waals surface area contributed by atoms with Crippen molar-refractivity contribution in [3.05, 3.63) is 66.2 Å². The number of hydrogen-bond donors (Lipinski definition) is 3. The van der Waals surface area contributed by atoms with Crippen LogP contribution in [0.3, 0.4) is 0 Å². The number of nitrogen functional groups attached to an aromatic ring is 1. The molecule has 2 aromatic heterocycles. The highest BCUT2D eigenvalue weighted by molar-refractivity contribution is 5.98. The third-order valence-corrected chi connectivity index (χ3v) is 7.05. The van der Waals surface area contributed by atoms with E-state index in [4.69, 9.17) is 20.2 Å². The van der Waals surface area contributed by atoms with Crippen molar-refractivity contribution in [2.45, 2.75) is 71.1 Å². The molecule has 0 bridgehead atoms. The molecule has 2 heterocycles. The lowest BCUT2D eigenvalue weighted by Crippen LogP contribution is -2.42. The third-order valence-electron chi connectivity index (χ3n) is 7.05. The van der Waals surface area contributed by atoms with Crippen LogP contribution in [0.25, 0.3) is 22.0 Å². The molecule has 1 fully saturated rings. The number of aromatic nitrogens is 3. The summed E-state index contributed by atoms with van der Waals surface area (Å²) in [6.45, 7) is 7.19. The van der Waals surface area contributed by atoms with Crippen molar-refractivity contribution >= 4 is 28.5 Å². The predicted octanol–water partition coefficient (Wildman–Crippen LogP) is 6.76. The Morgan fingerprint density at radius 2 is 1.68 bits per heavy atom. The van der Waals surface area contributed by atoms with E-state index >= 15 is 0 Å². The lowest BCUT2D eigenvalue weighted by molar-refractivity contribution is 0.0492. The number of carbonyl (C=O) groups excluding carboxylic acids is 1. The average molecular weight is 559 g/mol. The number of fused-ring (bicyclic) bond motifs is 1. The van der Waals surface area contributed by atoms with Gasteiger partial charge in [0.15, 0.2) is 5.82 Å². The van der Waals surface area contributed by atoms with Gasteiger partial charge >= 0.3 is 6.09 Å². The Balaban J connectivity index is 1.31. The van der Waals surface area contributed by atoms with Crippen molar-refractivity contribution in [1.29, 1.82) is 0 Å². The quantitative estimate of drug-likeness (QED) is 0.222. The summed E-state index contributed by atoms with van der Waals surface area (Å²) in [6.07, 6.45) is 6.26. The standard InChI is InChI=1S/C31H35FN6O3/c1-18-25(32)26(33)21-8-5-6-9-22(21)27(18)40-28-23(10-7-16-34-28)24-15-17-35-29(38-24)36-19-11-13-20(14-12-19)37-30(39)41-31(2,3)4/h5-10,15-17,19-20H,11-14,33H2,1-4H3,(H,37,39)(H,35,36,38)/t19-,20-. The van der Waals surface area contributed by atoms with Crippen LogP contribution in [0, 0.1) is 12.7 Å². The fraction of sp³-hybridized carbons (Fsp3) is 0.355. The fourth-order valence-electron chi connectivity index (χ4n) is 5.05. The van der Waals surface area contributed by atoms with Gasteiger partial charge in [-0.3, -0.25) is 0 Å². The van der Waals surface area contributed by atoms with Crippen LogP contribution in [0.15, 0.2) is 54.9 Å². The van der Waals surface area contributed by atoms with Gasteiger partial charge in [0.05, 0.1) is 16.9 Å². The molecule has 4 N–H and O–H groups in total. The molecule has 4 aromatic rings. The zero-order chi connectivity index (χ0) is 29.1. The largest absolute Gasteiger partial charge is 0.444 e. The van der Waals surface area contributed by atoms with E-state index in [1.165, 1.54) is 0 Å². The van der Waals surface area contributed by atoms with Crippen molar-refractivity contribution in [3.63, 3.8) is 0 Å². The Hall–Kier alpha value is -4.47. The molecule has 1 aliphatic rings. The second-order valence-electron chi connectivity index (χ2n) is 11.3. The van der Waals surface area contributed by atoms with Gasteiger partial charge in [-0.15, -0.1) is 0 Å². The van der Waals surface area contributed by atoms with E-state index in [0.717, 1.165) is 25.7 Å². The van der Waals surface area contributed by atoms with Crippen LogP contribution in [0.1, 0.15) is 52.0 Å². The molecule has 0 unspecified atom stereocenters. The highest BCUT2D eigenvalue weighted by atomic mass is 19.1. The van der Waals surface area contributed by atoms with Crippen LogP contribution in [-0.2, 0) is 4.74 Å². The predicted molar refractivity (Wildman–Crippen MR) is 157 cm³/mol. The van der Waals surface area contributed by atoms with Gasteiger partial charge in [-0.1, -0.05) is 24.3 Å². The van der Waals surface area contributed by atoms with E-state index in [2.05, 4.69) is 20.6 Å². The van der Waals surface area contributed by atoms with Crippen LogP contribution < -0.4 is 21.1 Å². The highest BCUT2D eigenvalue weighted by Crippen LogP contribution is 2.40. The number of nitrogens with one attached hydrogen (secondary N) is 2. The van der Waals surface area contributed by atoms with Crippen LogP contribution in [0.2, 0.25) is 0 Å². The van der Waals surface area contributed by atoms with Gasteiger partial charge in [-0.05, 0) is 71.6 Å². The normalized spacial score (nSPS) is 17.2. The molecule has 9 nitrogen and oxygen atoms in total. The monoisotopic (exact) mass is 558 g/mol. The molecule has 1 aliphatic carbocycles. The van der Waals surface area contributed by atoms with Gasteiger partial charge in [-0.25, -0.2) is 24.1 Å². The average Bonchev–Trinajstić information content (AvgIpc) is 2.94. The van der Waals surface area contributed by atoms with Crippen molar-refractivity contribution in [3.8, 4) is 22.9 Å². The van der Waals surface area contributed by atoms with E-state index in [-0.39, 0.29) is 23.9 Å². The van der Waals surface area contributed by atoms with Gasteiger partial charge in [0.2, 0.25) is 11.8 Å². The van der Waals surface area contributed by atoms with E-state index in [0.29, 0.717) is 45.2 Å². The first-order chi connectivity index (χ1) is 19.6. The summed E-state index contributed by atoms with van der Waals surface area (Å²) in [5.74, 6) is 0.626. The number of hydrogen-bond acceptors (Lipinski definition) is 8. The van der Waals surface area contributed by atoms with Crippen molar-refractivity contribution in [2.75, 3.05) is 11.1 Å². The summed E-state index contributed by atoms with van der Waals surface area (Å²) in [6, 6.07) is 12.9. The van der Waals surface area contributed by atoms with E-state index < -0.39 is 11.4 Å². The van der Waals surface area contributed by atoms with E-state index in [1.54, 1.807) is 37.5 Å². The van der Waals surface area contributed by atoms with E-state index in [1.807, 2.05) is 45.0 Å². The summed E-state index contributed by atoms with van der Waals surface area (Å²) in [5, 5.41) is 7.67. The smallest absolute Gasteiger partial charge is 0.407 e. The Kier molecular flexibility index (Phi) is 7.92. The molecule has 10 heteroatoms. The van der Waals surface area contributed by atoms with Crippen molar-refractivity contribution in [1.82, 2.24) is 20.3 Å². The zero-order valence-corrected chi connectivity index (χ0v) is 23.7. The number of nitrogens with two attached hydrogens (primary N) is 1. The molecule has 0 spiro atoms. The Morgan fingerprint density at radius 1 is 0.976 bits per heavy atom. The molecule has 214 valence electrons. The number of alkyl carbamates (subject to hydrolysis) is 1. The molecular formula is C31H35FN6O3. The van der Waals surface area contributed by atoms with Gasteiger partial charge < -0.3 is 25.8 Å². The topological polar surface area (TPSA) is 124 Å². The molecule has 0 atom stereocenters. The number of anilines is 2. The number of amides is 1. The molecule has 2 aromatic carbocycles. The van der Waals surface area contributed by atoms with Gasteiger partial charge in [0.25, 0.3) is 0 Å². The van der Waals surface area contributed by atoms with Crippen LogP contribution in [0.5, 0.6) is 11.6 Å². The van der Waals surface area contributed by atoms with Crippen molar-refractivity contribution < 1.29 is 18.7 Å². The first-order valence-electron chi connectivity index (χ1n) is 13.8. The summed E-state index contributed by atoms with van der Waals surface area (Å²) in [5.41, 5.74) is 7.18. The minimum atomic E-state index is -0.526. The third kappa shape index (κ3) is 6.48. The fourth-order valence-corrected chi connectivity index (χ4v) is 5.05. The first-order valence-corrected chi connectivity index (χ1v) is 13.8. The molecular weight excluding hydrogens is 523 g/mol. The molecule has 5 rings (SSSR count). The second kappa shape index (κ2) is 11.6. The minimum absolute atomic E-state index is 0.0722. The van der Waals surface area contributed by atoms with Crippen LogP contribution in [-0.4, -0.2) is 38.7 Å². The molecule has 0 saturated heterocycles. The number of pyridine rings is 1. The van der Waals surface area contributed by atoms with Crippen LogP contribution >= 0.6 is 0 Å². The van der Waals surface area contributed by atoms with Gasteiger partial charge in [0.1, 0.15) is 11.4 Å². The number of rotatable bonds is 6. The van der Waals surface area contributed by atoms with Crippen molar-refractivity contribution in [2.24, 2.45) is 0 Å². The minimum Gasteiger partial charge on any atom is -0.444 e. The van der Waals surface area contributed by atoms with Gasteiger partial charge in [-0.2, -0.15) is 0 Å². The first kappa shape index (κ1) is 28.1. The molecule has 0 aliphatic heterocycles. The lowest BCUT2D eigenvalue weighted by atomic mass is 9.91. The molecule has 1 saturated carbocycles. The molecule has 1 amide bonds. The SMILES string of the molecule is Cc1c(F)c(N)c2ccccc2c1Oc1ncccc1-c1ccnc(N[C@H]2CC[C@H](NC(=O)OC(C)(C)C)CC2)n1. The number of nitrogens with zero attached hydrogens (tertiary/aromatic N) is 3. The Morgan fingerprint density at radius 3 is 2.41 bits per heavy atom. The molecule has 41 heavy (non-hydrogen) atoms. The Labute approximate surface area is 238 Å². The maximum atomic E-state index is 15.0. The van der Waals surface area contributed by atoms with Crippen LogP contribution in [0.4, 0.5) is 20.8 Å². The number of benzene rings is 2. The number of halogens is 1. The molecule has 0 radical (unpaired) electrons. The van der Waals surface area contributed by atoms with E-state index in [9.17, 15) is 9.18 Å².